The second kappa shape index (κ2) is 10.4. The first-order valence-electron chi connectivity index (χ1n) is 13.8. The van der Waals surface area contributed by atoms with Crippen LogP contribution in [0.1, 0.15) is 81.9 Å². The quantitative estimate of drug-likeness (QED) is 0.375. The van der Waals surface area contributed by atoms with E-state index < -0.39 is 0 Å². The third kappa shape index (κ3) is 5.01. The molecule has 8 nitrogen and oxygen atoms in total. The highest BCUT2D eigenvalue weighted by Gasteiger charge is 2.34. The molecule has 208 valence electrons. The average Bonchev–Trinajstić information content (AvgIpc) is 3.53. The topological polar surface area (TPSA) is 89.0 Å². The monoisotopic (exact) mass is 561 g/mol. The first-order chi connectivity index (χ1) is 19.2. The summed E-state index contributed by atoms with van der Waals surface area (Å²) in [7, 11) is 0. The van der Waals surface area contributed by atoms with Crippen molar-refractivity contribution in [2.24, 2.45) is 5.41 Å². The lowest BCUT2D eigenvalue weighted by atomic mass is 9.93. The van der Waals surface area contributed by atoms with E-state index in [1.165, 1.54) is 0 Å². The second-order valence-electron chi connectivity index (χ2n) is 11.7. The van der Waals surface area contributed by atoms with Crippen molar-refractivity contribution in [2.75, 3.05) is 26.2 Å². The molecule has 4 heterocycles. The summed E-state index contributed by atoms with van der Waals surface area (Å²) in [6, 6.07) is 10.5. The van der Waals surface area contributed by atoms with E-state index in [1.54, 1.807) is 36.4 Å². The summed E-state index contributed by atoms with van der Waals surface area (Å²) < 4.78 is 11.2. The maximum absolute atomic E-state index is 13.8. The molecule has 2 fully saturated rings. The van der Waals surface area contributed by atoms with Gasteiger partial charge in [0.05, 0.1) is 21.7 Å². The van der Waals surface area contributed by atoms with Crippen LogP contribution in [0.3, 0.4) is 0 Å². The lowest BCUT2D eigenvalue weighted by Crippen LogP contribution is -2.36. The second-order valence-corrected chi connectivity index (χ2v) is 12.0. The van der Waals surface area contributed by atoms with Crippen LogP contribution in [0.4, 0.5) is 0 Å². The summed E-state index contributed by atoms with van der Waals surface area (Å²) in [4.78, 5) is 47.4. The van der Waals surface area contributed by atoms with Gasteiger partial charge in [0.25, 0.3) is 11.8 Å². The molecule has 2 aromatic carbocycles. The Labute approximate surface area is 238 Å². The summed E-state index contributed by atoms with van der Waals surface area (Å²) in [5, 5.41) is 1.10. The molecule has 0 atom stereocenters. The molecule has 3 aliphatic rings. The van der Waals surface area contributed by atoms with Crippen molar-refractivity contribution < 1.29 is 23.9 Å². The Morgan fingerprint density at radius 1 is 1.02 bits per heavy atom. The zero-order chi connectivity index (χ0) is 28.0. The smallest absolute Gasteiger partial charge is 0.338 e. The maximum Gasteiger partial charge on any atom is 0.338 e. The third-order valence-electron chi connectivity index (χ3n) is 8.12. The fourth-order valence-corrected chi connectivity index (χ4v) is 6.06. The van der Waals surface area contributed by atoms with Crippen molar-refractivity contribution in [3.05, 3.63) is 69.4 Å². The van der Waals surface area contributed by atoms with E-state index in [-0.39, 0.29) is 36.4 Å². The fourth-order valence-electron chi connectivity index (χ4n) is 5.79. The Hall–Kier alpha value is -3.65. The van der Waals surface area contributed by atoms with E-state index in [2.05, 4.69) is 13.8 Å². The number of hydrogen-bond acceptors (Lipinski definition) is 6. The number of likely N-dealkylation sites (tertiary alicyclic amines) is 2. The number of pyridine rings is 1. The molecule has 9 heteroatoms. The van der Waals surface area contributed by atoms with Crippen molar-refractivity contribution in [3.63, 3.8) is 0 Å². The predicted octanol–water partition coefficient (Wildman–Crippen LogP) is 5.64. The highest BCUT2D eigenvalue weighted by atomic mass is 35.5. The van der Waals surface area contributed by atoms with Gasteiger partial charge in [-0.2, -0.15) is 0 Å². The summed E-state index contributed by atoms with van der Waals surface area (Å²) >= 11 is 6.54. The molecule has 2 saturated heterocycles. The van der Waals surface area contributed by atoms with Crippen LogP contribution in [0, 0.1) is 5.41 Å². The molecule has 0 radical (unpaired) electrons. The number of fused-ring (bicyclic) bond motifs is 2. The number of halogens is 1. The average molecular weight is 562 g/mol. The molecular weight excluding hydrogens is 530 g/mol. The third-order valence-corrected chi connectivity index (χ3v) is 8.59. The molecule has 40 heavy (non-hydrogen) atoms. The summed E-state index contributed by atoms with van der Waals surface area (Å²) in [5.41, 5.74) is 3.28. The highest BCUT2D eigenvalue weighted by molar-refractivity contribution is 6.32. The van der Waals surface area contributed by atoms with E-state index >= 15 is 0 Å². The lowest BCUT2D eigenvalue weighted by Gasteiger charge is -2.27. The van der Waals surface area contributed by atoms with Crippen molar-refractivity contribution in [3.8, 4) is 5.75 Å². The normalized spacial score (nSPS) is 18.1. The molecule has 2 amide bonds. The number of ether oxygens (including phenoxy) is 2. The first kappa shape index (κ1) is 26.6. The van der Waals surface area contributed by atoms with Crippen LogP contribution < -0.4 is 4.74 Å². The van der Waals surface area contributed by atoms with E-state index in [0.717, 1.165) is 31.2 Å². The number of carbonyl (C=O) groups excluding carboxylic acids is 3. The molecule has 0 saturated carbocycles. The van der Waals surface area contributed by atoms with Crippen molar-refractivity contribution in [2.45, 2.75) is 52.7 Å². The van der Waals surface area contributed by atoms with E-state index in [9.17, 15) is 14.4 Å². The molecule has 3 aliphatic heterocycles. The van der Waals surface area contributed by atoms with Crippen LogP contribution in [0.25, 0.3) is 10.9 Å². The molecular formula is C31H32ClN3O5. The standard InChI is InChI=1S/C31H32ClN3O5/c1-31(2)10-13-35(18-31)29(37)26-15-23(28(36)34-11-4-3-5-12-34)22-14-20(7-9-25(22)33-26)39-16-19-6-8-21-24(27(19)32)17-40-30(21)38/h6-9,14-15H,3-5,10-13,16-18H2,1-2H3. The minimum atomic E-state index is -0.372. The van der Waals surface area contributed by atoms with Crippen LogP contribution in [-0.2, 0) is 18.0 Å². The van der Waals surface area contributed by atoms with Crippen LogP contribution in [0.2, 0.25) is 5.02 Å². The van der Waals surface area contributed by atoms with Gasteiger partial charge in [0.1, 0.15) is 24.7 Å². The number of benzene rings is 2. The molecule has 1 aromatic heterocycles. The van der Waals surface area contributed by atoms with E-state index in [0.29, 0.717) is 70.2 Å². The van der Waals surface area contributed by atoms with Gasteiger partial charge >= 0.3 is 5.97 Å². The maximum atomic E-state index is 13.8. The Balaban J connectivity index is 1.32. The van der Waals surface area contributed by atoms with Gasteiger partial charge in [-0.25, -0.2) is 9.78 Å². The number of rotatable bonds is 5. The molecule has 6 rings (SSSR count). The summed E-state index contributed by atoms with van der Waals surface area (Å²) in [6.45, 7) is 7.39. The summed E-state index contributed by atoms with van der Waals surface area (Å²) in [5.74, 6) is -0.0598. The molecule has 0 unspecified atom stereocenters. The number of aromatic nitrogens is 1. The van der Waals surface area contributed by atoms with Crippen LogP contribution in [-0.4, -0.2) is 58.7 Å². The van der Waals surface area contributed by atoms with Crippen LogP contribution in [0.15, 0.2) is 36.4 Å². The SMILES string of the molecule is CC1(C)CCN(C(=O)c2cc(C(=O)N3CCCCC3)c3cc(OCc4ccc5c(c4Cl)COC5=O)ccc3n2)C1. The number of amides is 2. The van der Waals surface area contributed by atoms with E-state index in [1.807, 2.05) is 9.80 Å². The Kier molecular flexibility index (Phi) is 6.90. The van der Waals surface area contributed by atoms with Gasteiger partial charge in [-0.1, -0.05) is 31.5 Å². The van der Waals surface area contributed by atoms with Crippen molar-refractivity contribution >= 4 is 40.3 Å². The summed E-state index contributed by atoms with van der Waals surface area (Å²) in [6.07, 6.45) is 3.98. The van der Waals surface area contributed by atoms with Gasteiger partial charge in [-0.3, -0.25) is 9.59 Å². The number of piperidine rings is 1. The zero-order valence-electron chi connectivity index (χ0n) is 22.8. The van der Waals surface area contributed by atoms with Gasteiger partial charge in [0.15, 0.2) is 0 Å². The highest BCUT2D eigenvalue weighted by Crippen LogP contribution is 2.33. The number of nitrogens with zero attached hydrogens (tertiary/aromatic N) is 3. The van der Waals surface area contributed by atoms with Crippen molar-refractivity contribution in [1.29, 1.82) is 0 Å². The van der Waals surface area contributed by atoms with Gasteiger partial charge in [0, 0.05) is 42.7 Å². The van der Waals surface area contributed by atoms with Crippen LogP contribution >= 0.6 is 11.6 Å². The number of cyclic esters (lactones) is 1. The van der Waals surface area contributed by atoms with Gasteiger partial charge < -0.3 is 19.3 Å². The molecule has 0 N–H and O–H groups in total. The fraction of sp³-hybridized carbons (Fsp3) is 0.419. The minimum absolute atomic E-state index is 0.0650. The minimum Gasteiger partial charge on any atom is -0.489 e. The number of carbonyl (C=O) groups is 3. The molecule has 0 aliphatic carbocycles. The van der Waals surface area contributed by atoms with E-state index in [4.69, 9.17) is 26.1 Å². The van der Waals surface area contributed by atoms with Crippen molar-refractivity contribution in [1.82, 2.24) is 14.8 Å². The first-order valence-corrected chi connectivity index (χ1v) is 14.2. The predicted molar refractivity (Wildman–Crippen MR) is 151 cm³/mol. The number of hydrogen-bond donors (Lipinski definition) is 0. The van der Waals surface area contributed by atoms with Gasteiger partial charge in [-0.05, 0) is 61.4 Å². The van der Waals surface area contributed by atoms with Gasteiger partial charge in [0.2, 0.25) is 0 Å². The molecule has 3 aromatic rings. The molecule has 0 spiro atoms. The number of esters is 1. The Bertz CT molecular complexity index is 1530. The zero-order valence-corrected chi connectivity index (χ0v) is 23.6. The lowest BCUT2D eigenvalue weighted by molar-refractivity contribution is 0.0534. The van der Waals surface area contributed by atoms with Crippen LogP contribution in [0.5, 0.6) is 5.75 Å². The molecule has 0 bridgehead atoms. The Morgan fingerprint density at radius 2 is 1.82 bits per heavy atom. The van der Waals surface area contributed by atoms with Gasteiger partial charge in [-0.15, -0.1) is 0 Å². The largest absolute Gasteiger partial charge is 0.489 e. The Morgan fingerprint density at radius 3 is 2.58 bits per heavy atom.